The Kier molecular flexibility index (Phi) is 6.91. The highest BCUT2D eigenvalue weighted by molar-refractivity contribution is 5.37. The van der Waals surface area contributed by atoms with Gasteiger partial charge in [0.25, 0.3) is 0 Å². The molecule has 0 amide bonds. The molecule has 0 heterocycles. The molecule has 1 nitrogen and oxygen atoms in total. The standard InChI is InChI=1S/C11H16O.C2H6/c1-4-9-6-7-10(5-2)11(8-9)12-3;1-2/h6-8H,4-5H2,1-3H3;1-2H3. The number of hydrogen-bond donors (Lipinski definition) is 0. The van der Waals surface area contributed by atoms with Gasteiger partial charge in [-0.2, -0.15) is 0 Å². The predicted octanol–water partition coefficient (Wildman–Crippen LogP) is 3.85. The second-order valence-corrected chi connectivity index (χ2v) is 2.85. The Morgan fingerprint density at radius 1 is 1.07 bits per heavy atom. The van der Waals surface area contributed by atoms with Crippen molar-refractivity contribution in [3.63, 3.8) is 0 Å². The maximum absolute atomic E-state index is 5.28. The molecule has 0 atom stereocenters. The van der Waals surface area contributed by atoms with Crippen LogP contribution >= 0.6 is 0 Å². The molecule has 0 aliphatic heterocycles. The highest BCUT2D eigenvalue weighted by Gasteiger charge is 2.00. The van der Waals surface area contributed by atoms with Crippen molar-refractivity contribution in [2.45, 2.75) is 40.5 Å². The Balaban J connectivity index is 0.000000791. The van der Waals surface area contributed by atoms with Crippen LogP contribution in [-0.2, 0) is 12.8 Å². The van der Waals surface area contributed by atoms with E-state index in [2.05, 4.69) is 32.0 Å². The lowest BCUT2D eigenvalue weighted by molar-refractivity contribution is 0.409. The van der Waals surface area contributed by atoms with E-state index in [1.54, 1.807) is 7.11 Å². The minimum Gasteiger partial charge on any atom is -0.496 e. The third kappa shape index (κ3) is 3.41. The first kappa shape index (κ1) is 13.0. The summed E-state index contributed by atoms with van der Waals surface area (Å²) in [4.78, 5) is 0. The van der Waals surface area contributed by atoms with Crippen molar-refractivity contribution in [2.75, 3.05) is 7.11 Å². The zero-order chi connectivity index (χ0) is 11.0. The first-order valence-electron chi connectivity index (χ1n) is 5.47. The van der Waals surface area contributed by atoms with E-state index < -0.39 is 0 Å². The van der Waals surface area contributed by atoms with Crippen molar-refractivity contribution in [3.8, 4) is 5.75 Å². The highest BCUT2D eigenvalue weighted by atomic mass is 16.5. The summed E-state index contributed by atoms with van der Waals surface area (Å²) in [5.74, 6) is 1.02. The third-order valence-electron chi connectivity index (χ3n) is 2.14. The molecule has 0 aliphatic carbocycles. The lowest BCUT2D eigenvalue weighted by Gasteiger charge is -2.07. The van der Waals surface area contributed by atoms with Crippen molar-refractivity contribution in [2.24, 2.45) is 0 Å². The summed E-state index contributed by atoms with van der Waals surface area (Å²) < 4.78 is 5.28. The molecule has 0 saturated carbocycles. The summed E-state index contributed by atoms with van der Waals surface area (Å²) >= 11 is 0. The fraction of sp³-hybridized carbons (Fsp3) is 0.538. The van der Waals surface area contributed by atoms with Gasteiger partial charge in [0.2, 0.25) is 0 Å². The molecule has 0 spiro atoms. The molecule has 0 saturated heterocycles. The van der Waals surface area contributed by atoms with Gasteiger partial charge in [-0.05, 0) is 30.0 Å². The van der Waals surface area contributed by atoms with Gasteiger partial charge in [0.15, 0.2) is 0 Å². The number of rotatable bonds is 3. The number of methoxy groups -OCH3 is 1. The van der Waals surface area contributed by atoms with Gasteiger partial charge in [-0.15, -0.1) is 0 Å². The highest BCUT2D eigenvalue weighted by Crippen LogP contribution is 2.20. The third-order valence-corrected chi connectivity index (χ3v) is 2.14. The Hall–Kier alpha value is -0.980. The minimum atomic E-state index is 1.02. The molecule has 1 aromatic rings. The molecule has 0 radical (unpaired) electrons. The average molecular weight is 194 g/mol. The largest absolute Gasteiger partial charge is 0.496 e. The molecule has 0 N–H and O–H groups in total. The van der Waals surface area contributed by atoms with Gasteiger partial charge >= 0.3 is 0 Å². The van der Waals surface area contributed by atoms with Gasteiger partial charge in [-0.1, -0.05) is 39.8 Å². The Morgan fingerprint density at radius 3 is 2.14 bits per heavy atom. The molecular formula is C13H22O. The number of ether oxygens (including phenoxy) is 1. The van der Waals surface area contributed by atoms with E-state index in [0.29, 0.717) is 0 Å². The van der Waals surface area contributed by atoms with Crippen LogP contribution in [0.5, 0.6) is 5.75 Å². The molecule has 0 fully saturated rings. The summed E-state index contributed by atoms with van der Waals surface area (Å²) in [6, 6.07) is 6.44. The molecule has 80 valence electrons. The van der Waals surface area contributed by atoms with E-state index in [0.717, 1.165) is 18.6 Å². The maximum Gasteiger partial charge on any atom is 0.122 e. The van der Waals surface area contributed by atoms with Crippen molar-refractivity contribution < 1.29 is 4.74 Å². The fourth-order valence-electron chi connectivity index (χ4n) is 1.30. The van der Waals surface area contributed by atoms with E-state index in [4.69, 9.17) is 4.74 Å². The predicted molar refractivity (Wildman–Crippen MR) is 63.1 cm³/mol. The van der Waals surface area contributed by atoms with Gasteiger partial charge in [-0.25, -0.2) is 0 Å². The summed E-state index contributed by atoms with van der Waals surface area (Å²) in [7, 11) is 1.73. The van der Waals surface area contributed by atoms with Gasteiger partial charge in [0.1, 0.15) is 5.75 Å². The second-order valence-electron chi connectivity index (χ2n) is 2.85. The van der Waals surface area contributed by atoms with Crippen LogP contribution in [0.4, 0.5) is 0 Å². The SMILES string of the molecule is CC.CCc1ccc(CC)c(OC)c1. The average Bonchev–Trinajstić information content (AvgIpc) is 2.30. The van der Waals surface area contributed by atoms with Crippen molar-refractivity contribution >= 4 is 0 Å². The fourth-order valence-corrected chi connectivity index (χ4v) is 1.30. The summed E-state index contributed by atoms with van der Waals surface area (Å²) in [6.07, 6.45) is 2.10. The smallest absolute Gasteiger partial charge is 0.122 e. The molecule has 0 bridgehead atoms. The topological polar surface area (TPSA) is 9.23 Å². The van der Waals surface area contributed by atoms with Crippen LogP contribution < -0.4 is 4.74 Å². The van der Waals surface area contributed by atoms with Crippen LogP contribution in [0, 0.1) is 0 Å². The first-order valence-corrected chi connectivity index (χ1v) is 5.47. The summed E-state index contributed by atoms with van der Waals surface area (Å²) in [5.41, 5.74) is 2.62. The Bertz CT molecular complexity index is 253. The number of hydrogen-bond acceptors (Lipinski definition) is 1. The zero-order valence-electron chi connectivity index (χ0n) is 10.1. The monoisotopic (exact) mass is 194 g/mol. The van der Waals surface area contributed by atoms with Crippen molar-refractivity contribution in [3.05, 3.63) is 29.3 Å². The quantitative estimate of drug-likeness (QED) is 0.710. The normalized spacial score (nSPS) is 8.93. The van der Waals surface area contributed by atoms with E-state index in [1.165, 1.54) is 11.1 Å². The van der Waals surface area contributed by atoms with E-state index in [1.807, 2.05) is 13.8 Å². The van der Waals surface area contributed by atoms with Crippen LogP contribution in [0.25, 0.3) is 0 Å². The lowest BCUT2D eigenvalue weighted by atomic mass is 10.1. The molecule has 1 aromatic carbocycles. The van der Waals surface area contributed by atoms with Crippen molar-refractivity contribution in [1.29, 1.82) is 0 Å². The van der Waals surface area contributed by atoms with Crippen LogP contribution in [0.3, 0.4) is 0 Å². The van der Waals surface area contributed by atoms with Gasteiger partial charge in [0, 0.05) is 0 Å². The van der Waals surface area contributed by atoms with E-state index >= 15 is 0 Å². The molecular weight excluding hydrogens is 172 g/mol. The molecule has 0 unspecified atom stereocenters. The lowest BCUT2D eigenvalue weighted by Crippen LogP contribution is -1.91. The van der Waals surface area contributed by atoms with Gasteiger partial charge in [-0.3, -0.25) is 0 Å². The maximum atomic E-state index is 5.28. The van der Waals surface area contributed by atoms with Crippen LogP contribution in [0.2, 0.25) is 0 Å². The number of aryl methyl sites for hydroxylation is 2. The van der Waals surface area contributed by atoms with Gasteiger partial charge in [0.05, 0.1) is 7.11 Å². The molecule has 0 aliphatic rings. The minimum absolute atomic E-state index is 1.02. The van der Waals surface area contributed by atoms with Gasteiger partial charge < -0.3 is 4.74 Å². The first-order chi connectivity index (χ1) is 6.81. The van der Waals surface area contributed by atoms with E-state index in [9.17, 15) is 0 Å². The zero-order valence-corrected chi connectivity index (χ0v) is 10.1. The van der Waals surface area contributed by atoms with Crippen LogP contribution in [-0.4, -0.2) is 7.11 Å². The number of benzene rings is 1. The Labute approximate surface area is 88.1 Å². The van der Waals surface area contributed by atoms with Crippen LogP contribution in [0.1, 0.15) is 38.8 Å². The molecule has 0 aromatic heterocycles. The molecule has 1 heteroatoms. The molecule has 1 rings (SSSR count). The Morgan fingerprint density at radius 2 is 1.71 bits per heavy atom. The second kappa shape index (κ2) is 7.43. The summed E-state index contributed by atoms with van der Waals surface area (Å²) in [5, 5.41) is 0. The van der Waals surface area contributed by atoms with Crippen molar-refractivity contribution in [1.82, 2.24) is 0 Å². The summed E-state index contributed by atoms with van der Waals surface area (Å²) in [6.45, 7) is 8.30. The van der Waals surface area contributed by atoms with E-state index in [-0.39, 0.29) is 0 Å². The van der Waals surface area contributed by atoms with Crippen LogP contribution in [0.15, 0.2) is 18.2 Å². The molecule has 14 heavy (non-hydrogen) atoms.